The largest absolute Gasteiger partial charge is 0.350 e. The standard InChI is InChI=1S/C14H15Cl2N3O2.2ClH/c1-19(2)4-3-17-14(21)11-7-12(20)13-9(16)5-8(15)6-10(13)18-11;;/h5-7H,3-4H2,1-2H3,(H,17,21)(H,18,20);2*1H. The SMILES string of the molecule is CN(C)CCNC(=O)c1cc(=O)c2c(Cl)cc(Cl)cc2[nH]1.Cl.Cl. The number of aromatic nitrogens is 1. The highest BCUT2D eigenvalue weighted by molar-refractivity contribution is 6.38. The smallest absolute Gasteiger partial charge is 0.267 e. The molecular formula is C14H17Cl4N3O2. The van der Waals surface area contributed by atoms with Crippen molar-refractivity contribution in [3.63, 3.8) is 0 Å². The van der Waals surface area contributed by atoms with E-state index in [0.29, 0.717) is 29.0 Å². The molecule has 0 unspecified atom stereocenters. The summed E-state index contributed by atoms with van der Waals surface area (Å²) >= 11 is 11.9. The molecule has 0 fully saturated rings. The van der Waals surface area contributed by atoms with Crippen molar-refractivity contribution in [2.45, 2.75) is 0 Å². The topological polar surface area (TPSA) is 65.2 Å². The Hall–Kier alpha value is -0.980. The second-order valence-corrected chi connectivity index (χ2v) is 5.76. The number of likely N-dealkylation sites (N-methyl/N-ethyl adjacent to an activating group) is 1. The number of hydrogen-bond donors (Lipinski definition) is 2. The Labute approximate surface area is 156 Å². The number of nitrogens with zero attached hydrogens (tertiary/aromatic N) is 1. The van der Waals surface area contributed by atoms with Gasteiger partial charge in [-0.1, -0.05) is 23.2 Å². The molecule has 1 amide bonds. The third-order valence-corrected chi connectivity index (χ3v) is 3.45. The Morgan fingerprint density at radius 3 is 2.48 bits per heavy atom. The molecule has 0 aliphatic rings. The fourth-order valence-corrected chi connectivity index (χ4v) is 2.50. The predicted molar refractivity (Wildman–Crippen MR) is 100.0 cm³/mol. The Morgan fingerprint density at radius 1 is 1.22 bits per heavy atom. The summed E-state index contributed by atoms with van der Waals surface area (Å²) in [6, 6.07) is 4.31. The van der Waals surface area contributed by atoms with E-state index in [-0.39, 0.29) is 46.9 Å². The van der Waals surface area contributed by atoms with E-state index in [1.54, 1.807) is 6.07 Å². The van der Waals surface area contributed by atoms with Crippen molar-refractivity contribution in [1.82, 2.24) is 15.2 Å². The van der Waals surface area contributed by atoms with E-state index in [1.807, 2.05) is 19.0 Å². The highest BCUT2D eigenvalue weighted by atomic mass is 35.5. The zero-order chi connectivity index (χ0) is 15.6. The summed E-state index contributed by atoms with van der Waals surface area (Å²) in [5.74, 6) is -0.341. The van der Waals surface area contributed by atoms with Gasteiger partial charge in [0.25, 0.3) is 5.91 Å². The average Bonchev–Trinajstić information content (AvgIpc) is 2.36. The van der Waals surface area contributed by atoms with Gasteiger partial charge in [0, 0.05) is 24.2 Å². The van der Waals surface area contributed by atoms with Crippen LogP contribution in [0, 0.1) is 0 Å². The van der Waals surface area contributed by atoms with Crippen LogP contribution in [-0.4, -0.2) is 43.0 Å². The number of amides is 1. The number of rotatable bonds is 4. The van der Waals surface area contributed by atoms with Crippen molar-refractivity contribution in [3.8, 4) is 0 Å². The summed E-state index contributed by atoms with van der Waals surface area (Å²) in [4.78, 5) is 28.9. The maximum absolute atomic E-state index is 12.1. The van der Waals surface area contributed by atoms with Crippen LogP contribution in [0.2, 0.25) is 10.0 Å². The monoisotopic (exact) mass is 399 g/mol. The van der Waals surface area contributed by atoms with Crippen molar-refractivity contribution >= 4 is 64.8 Å². The molecule has 1 aromatic heterocycles. The molecule has 2 rings (SSSR count). The van der Waals surface area contributed by atoms with Gasteiger partial charge in [-0.2, -0.15) is 0 Å². The number of H-pyrrole nitrogens is 1. The Bertz CT molecular complexity index is 747. The highest BCUT2D eigenvalue weighted by Gasteiger charge is 2.12. The van der Waals surface area contributed by atoms with Crippen molar-refractivity contribution in [2.24, 2.45) is 0 Å². The number of carbonyl (C=O) groups excluding carboxylic acids is 1. The lowest BCUT2D eigenvalue weighted by molar-refractivity contribution is 0.0946. The molecule has 0 bridgehead atoms. The summed E-state index contributed by atoms with van der Waals surface area (Å²) < 4.78 is 0. The molecule has 0 atom stereocenters. The molecule has 0 spiro atoms. The number of halogens is 4. The molecule has 23 heavy (non-hydrogen) atoms. The van der Waals surface area contributed by atoms with Gasteiger partial charge in [0.15, 0.2) is 5.43 Å². The van der Waals surface area contributed by atoms with Gasteiger partial charge in [0.1, 0.15) is 5.69 Å². The summed E-state index contributed by atoms with van der Waals surface area (Å²) in [5, 5.41) is 3.72. The molecule has 128 valence electrons. The molecule has 9 heteroatoms. The maximum atomic E-state index is 12.1. The van der Waals surface area contributed by atoms with Gasteiger partial charge in [-0.15, -0.1) is 24.8 Å². The number of carbonyl (C=O) groups is 1. The van der Waals surface area contributed by atoms with E-state index >= 15 is 0 Å². The number of fused-ring (bicyclic) bond motifs is 1. The maximum Gasteiger partial charge on any atom is 0.267 e. The normalized spacial score (nSPS) is 10.1. The number of pyridine rings is 1. The molecular weight excluding hydrogens is 384 g/mol. The first kappa shape index (κ1) is 22.0. The number of nitrogens with one attached hydrogen (secondary N) is 2. The minimum absolute atomic E-state index is 0. The molecule has 5 nitrogen and oxygen atoms in total. The van der Waals surface area contributed by atoms with E-state index in [9.17, 15) is 9.59 Å². The van der Waals surface area contributed by atoms with Crippen LogP contribution < -0.4 is 10.7 Å². The fourth-order valence-electron chi connectivity index (χ4n) is 1.92. The van der Waals surface area contributed by atoms with Gasteiger partial charge in [-0.25, -0.2) is 0 Å². The van der Waals surface area contributed by atoms with Gasteiger partial charge in [0.2, 0.25) is 0 Å². The lowest BCUT2D eigenvalue weighted by Crippen LogP contribution is -2.32. The van der Waals surface area contributed by atoms with E-state index < -0.39 is 0 Å². The first-order chi connectivity index (χ1) is 9.88. The van der Waals surface area contributed by atoms with Gasteiger partial charge in [-0.05, 0) is 26.2 Å². The summed E-state index contributed by atoms with van der Waals surface area (Å²) in [5.41, 5.74) is 0.311. The number of aromatic amines is 1. The minimum atomic E-state index is -0.341. The Balaban J connectivity index is 0.00000242. The van der Waals surface area contributed by atoms with Gasteiger partial charge < -0.3 is 15.2 Å². The lowest BCUT2D eigenvalue weighted by atomic mass is 10.2. The minimum Gasteiger partial charge on any atom is -0.350 e. The fraction of sp³-hybridized carbons (Fsp3) is 0.286. The lowest BCUT2D eigenvalue weighted by Gasteiger charge is -2.11. The average molecular weight is 401 g/mol. The van der Waals surface area contributed by atoms with E-state index in [2.05, 4.69) is 10.3 Å². The molecule has 0 saturated heterocycles. The van der Waals surface area contributed by atoms with Crippen LogP contribution in [0.15, 0.2) is 23.0 Å². The number of hydrogen-bond acceptors (Lipinski definition) is 3. The van der Waals surface area contributed by atoms with Crippen LogP contribution in [0.25, 0.3) is 10.9 Å². The first-order valence-electron chi connectivity index (χ1n) is 6.33. The van der Waals surface area contributed by atoms with E-state index in [4.69, 9.17) is 23.2 Å². The Morgan fingerprint density at radius 2 is 1.87 bits per heavy atom. The summed E-state index contributed by atoms with van der Waals surface area (Å²) in [7, 11) is 3.82. The second-order valence-electron chi connectivity index (χ2n) is 4.92. The molecule has 1 aromatic carbocycles. The molecule has 0 saturated carbocycles. The van der Waals surface area contributed by atoms with Crippen LogP contribution in [-0.2, 0) is 0 Å². The summed E-state index contributed by atoms with van der Waals surface area (Å²) in [6.07, 6.45) is 0. The van der Waals surface area contributed by atoms with Crippen LogP contribution >= 0.6 is 48.0 Å². The van der Waals surface area contributed by atoms with Gasteiger partial charge >= 0.3 is 0 Å². The Kier molecular flexibility index (Phi) is 8.95. The molecule has 0 aliphatic heterocycles. The van der Waals surface area contributed by atoms with Crippen molar-refractivity contribution in [2.75, 3.05) is 27.2 Å². The van der Waals surface area contributed by atoms with Crippen molar-refractivity contribution < 1.29 is 4.79 Å². The molecule has 1 heterocycles. The zero-order valence-electron chi connectivity index (χ0n) is 12.5. The molecule has 0 aliphatic carbocycles. The molecule has 2 aromatic rings. The van der Waals surface area contributed by atoms with Gasteiger partial charge in [0.05, 0.1) is 15.9 Å². The quantitative estimate of drug-likeness (QED) is 0.828. The first-order valence-corrected chi connectivity index (χ1v) is 7.09. The zero-order valence-corrected chi connectivity index (χ0v) is 15.6. The second kappa shape index (κ2) is 9.35. The number of benzene rings is 1. The van der Waals surface area contributed by atoms with Gasteiger partial charge in [-0.3, -0.25) is 9.59 Å². The van der Waals surface area contributed by atoms with Crippen LogP contribution in [0.4, 0.5) is 0 Å². The van der Waals surface area contributed by atoms with E-state index in [0.717, 1.165) is 0 Å². The highest BCUT2D eigenvalue weighted by Crippen LogP contribution is 2.24. The molecule has 2 N–H and O–H groups in total. The molecule has 0 radical (unpaired) electrons. The van der Waals surface area contributed by atoms with Crippen LogP contribution in [0.5, 0.6) is 0 Å². The summed E-state index contributed by atoms with van der Waals surface area (Å²) in [6.45, 7) is 1.20. The van der Waals surface area contributed by atoms with Crippen LogP contribution in [0.1, 0.15) is 10.5 Å². The van der Waals surface area contributed by atoms with Crippen molar-refractivity contribution in [3.05, 3.63) is 44.2 Å². The third-order valence-electron chi connectivity index (χ3n) is 2.94. The third kappa shape index (κ3) is 5.55. The van der Waals surface area contributed by atoms with Crippen LogP contribution in [0.3, 0.4) is 0 Å². The van der Waals surface area contributed by atoms with Crippen molar-refractivity contribution in [1.29, 1.82) is 0 Å². The van der Waals surface area contributed by atoms with E-state index in [1.165, 1.54) is 12.1 Å². The predicted octanol–water partition coefficient (Wildman–Crippen LogP) is 2.97.